The van der Waals surface area contributed by atoms with Crippen LogP contribution >= 0.6 is 15.9 Å². The first-order valence-electron chi connectivity index (χ1n) is 7.40. The van der Waals surface area contributed by atoms with E-state index >= 15 is 0 Å². The summed E-state index contributed by atoms with van der Waals surface area (Å²) in [5.41, 5.74) is -1.50. The fourth-order valence-corrected chi connectivity index (χ4v) is 4.96. The standard InChI is InChI=1S/C14H16BrF3N2O3S/c15-12-2-1-10(9-11(12)14(16,17)18)24(21,22)20-6-3-13(4-7-20)19-5-8-23-13/h1-2,9,19H,3-8H2. The number of hydrogen-bond acceptors (Lipinski definition) is 4. The van der Waals surface area contributed by atoms with Crippen LogP contribution in [-0.4, -0.2) is 44.7 Å². The lowest BCUT2D eigenvalue weighted by molar-refractivity contribution is -0.138. The maximum Gasteiger partial charge on any atom is 0.417 e. The molecule has 10 heteroatoms. The third kappa shape index (κ3) is 3.34. The number of piperidine rings is 1. The van der Waals surface area contributed by atoms with E-state index in [0.717, 1.165) is 6.07 Å². The molecule has 1 aromatic rings. The molecule has 3 rings (SSSR count). The minimum absolute atomic E-state index is 0.185. The molecular formula is C14H16BrF3N2O3S. The van der Waals surface area contributed by atoms with E-state index in [1.807, 2.05) is 0 Å². The van der Waals surface area contributed by atoms with Crippen molar-refractivity contribution in [1.82, 2.24) is 9.62 Å². The van der Waals surface area contributed by atoms with Crippen LogP contribution in [0.15, 0.2) is 27.6 Å². The van der Waals surface area contributed by atoms with Crippen molar-refractivity contribution >= 4 is 26.0 Å². The number of hydrogen-bond donors (Lipinski definition) is 1. The molecule has 0 unspecified atom stereocenters. The van der Waals surface area contributed by atoms with E-state index in [2.05, 4.69) is 21.2 Å². The summed E-state index contributed by atoms with van der Waals surface area (Å²) >= 11 is 2.82. The van der Waals surface area contributed by atoms with Crippen LogP contribution in [0.3, 0.4) is 0 Å². The molecule has 0 atom stereocenters. The summed E-state index contributed by atoms with van der Waals surface area (Å²) in [6, 6.07) is 2.97. The number of alkyl halides is 3. The first-order chi connectivity index (χ1) is 11.1. The maximum atomic E-state index is 13.0. The fourth-order valence-electron chi connectivity index (χ4n) is 3.02. The van der Waals surface area contributed by atoms with Gasteiger partial charge < -0.3 is 4.74 Å². The molecule has 2 aliphatic heterocycles. The van der Waals surface area contributed by atoms with Crippen LogP contribution in [0.25, 0.3) is 0 Å². The van der Waals surface area contributed by atoms with Gasteiger partial charge in [0.25, 0.3) is 0 Å². The average molecular weight is 429 g/mol. The zero-order valence-corrected chi connectivity index (χ0v) is 15.0. The number of halogens is 4. The largest absolute Gasteiger partial charge is 0.417 e. The number of ether oxygens (including phenoxy) is 1. The molecule has 1 N–H and O–H groups in total. The molecule has 5 nitrogen and oxygen atoms in total. The highest BCUT2D eigenvalue weighted by molar-refractivity contribution is 9.10. The second-order valence-corrected chi connectivity index (χ2v) is 8.61. The molecule has 0 aliphatic carbocycles. The van der Waals surface area contributed by atoms with Gasteiger partial charge in [-0.3, -0.25) is 5.32 Å². The third-order valence-electron chi connectivity index (χ3n) is 4.34. The second kappa shape index (κ2) is 6.24. The van der Waals surface area contributed by atoms with Crippen LogP contribution in [0.1, 0.15) is 18.4 Å². The Bertz CT molecular complexity index is 723. The summed E-state index contributed by atoms with van der Waals surface area (Å²) in [6.45, 7) is 1.70. The number of sulfonamides is 1. The Kier molecular flexibility index (Phi) is 4.71. The van der Waals surface area contributed by atoms with Gasteiger partial charge in [-0.2, -0.15) is 17.5 Å². The Morgan fingerprint density at radius 1 is 1.25 bits per heavy atom. The lowest BCUT2D eigenvalue weighted by Crippen LogP contribution is -2.52. The van der Waals surface area contributed by atoms with Crippen molar-refractivity contribution in [1.29, 1.82) is 0 Å². The van der Waals surface area contributed by atoms with Gasteiger partial charge in [-0.05, 0) is 18.2 Å². The number of benzene rings is 1. The average Bonchev–Trinajstić information content (AvgIpc) is 2.95. The van der Waals surface area contributed by atoms with E-state index in [-0.39, 0.29) is 22.5 Å². The predicted octanol–water partition coefficient (Wildman–Crippen LogP) is 2.57. The highest BCUT2D eigenvalue weighted by atomic mass is 79.9. The normalized spacial score (nSPS) is 22.2. The molecule has 0 bridgehead atoms. The monoisotopic (exact) mass is 428 g/mol. The molecule has 0 aromatic heterocycles. The zero-order valence-electron chi connectivity index (χ0n) is 12.6. The molecule has 24 heavy (non-hydrogen) atoms. The SMILES string of the molecule is O=S(=O)(c1ccc(Br)c(C(F)(F)F)c1)N1CCC2(CC1)NCCO2. The lowest BCUT2D eigenvalue weighted by Gasteiger charge is -2.37. The molecule has 2 aliphatic rings. The van der Waals surface area contributed by atoms with E-state index in [4.69, 9.17) is 4.74 Å². The Morgan fingerprint density at radius 2 is 1.92 bits per heavy atom. The van der Waals surface area contributed by atoms with Crippen LogP contribution < -0.4 is 5.32 Å². The quantitative estimate of drug-likeness (QED) is 0.786. The van der Waals surface area contributed by atoms with Gasteiger partial charge in [0, 0.05) is 36.9 Å². The van der Waals surface area contributed by atoms with Crippen LogP contribution in [0.2, 0.25) is 0 Å². The van der Waals surface area contributed by atoms with Gasteiger partial charge in [-0.25, -0.2) is 8.42 Å². The minimum Gasteiger partial charge on any atom is -0.359 e. The summed E-state index contributed by atoms with van der Waals surface area (Å²) in [5.74, 6) is 0. The Hall–Kier alpha value is -0.680. The Balaban J connectivity index is 1.84. The number of nitrogens with zero attached hydrogens (tertiary/aromatic N) is 1. The summed E-state index contributed by atoms with van der Waals surface area (Å²) in [4.78, 5) is -0.353. The lowest BCUT2D eigenvalue weighted by atomic mass is 10.0. The first-order valence-corrected chi connectivity index (χ1v) is 9.63. The highest BCUT2D eigenvalue weighted by Crippen LogP contribution is 2.37. The first kappa shape index (κ1) is 18.1. The number of nitrogens with one attached hydrogen (secondary N) is 1. The fraction of sp³-hybridized carbons (Fsp3) is 0.571. The van der Waals surface area contributed by atoms with Crippen molar-refractivity contribution in [3.63, 3.8) is 0 Å². The van der Waals surface area contributed by atoms with Gasteiger partial charge in [0.2, 0.25) is 10.0 Å². The van der Waals surface area contributed by atoms with E-state index < -0.39 is 27.5 Å². The predicted molar refractivity (Wildman–Crippen MR) is 83.8 cm³/mol. The van der Waals surface area contributed by atoms with E-state index in [1.54, 1.807) is 0 Å². The number of rotatable bonds is 2. The Morgan fingerprint density at radius 3 is 2.46 bits per heavy atom. The third-order valence-corrected chi connectivity index (χ3v) is 6.92. The second-order valence-electron chi connectivity index (χ2n) is 5.81. The van der Waals surface area contributed by atoms with Gasteiger partial charge >= 0.3 is 6.18 Å². The van der Waals surface area contributed by atoms with Gasteiger partial charge in [-0.15, -0.1) is 0 Å². The minimum atomic E-state index is -4.63. The molecule has 0 saturated carbocycles. The van der Waals surface area contributed by atoms with Crippen molar-refractivity contribution in [3.8, 4) is 0 Å². The molecule has 2 heterocycles. The van der Waals surface area contributed by atoms with Gasteiger partial charge in [0.15, 0.2) is 0 Å². The van der Waals surface area contributed by atoms with Crippen LogP contribution in [0.5, 0.6) is 0 Å². The van der Waals surface area contributed by atoms with Crippen LogP contribution in [-0.2, 0) is 20.9 Å². The van der Waals surface area contributed by atoms with Crippen molar-refractivity contribution < 1.29 is 26.3 Å². The Labute approximate surface area is 146 Å². The van der Waals surface area contributed by atoms with Crippen LogP contribution in [0.4, 0.5) is 13.2 Å². The van der Waals surface area contributed by atoms with E-state index in [9.17, 15) is 21.6 Å². The molecule has 0 amide bonds. The van der Waals surface area contributed by atoms with E-state index in [1.165, 1.54) is 10.4 Å². The molecule has 1 aromatic carbocycles. The zero-order chi connectivity index (χ0) is 17.6. The summed E-state index contributed by atoms with van der Waals surface area (Å²) < 4.78 is 71.0. The van der Waals surface area contributed by atoms with Crippen molar-refractivity contribution in [2.45, 2.75) is 29.6 Å². The van der Waals surface area contributed by atoms with E-state index in [0.29, 0.717) is 32.1 Å². The maximum absolute atomic E-state index is 13.0. The van der Waals surface area contributed by atoms with Gasteiger partial charge in [0.05, 0.1) is 17.1 Å². The van der Waals surface area contributed by atoms with Crippen molar-refractivity contribution in [3.05, 3.63) is 28.2 Å². The summed E-state index contributed by atoms with van der Waals surface area (Å²) in [6.07, 6.45) is -3.69. The highest BCUT2D eigenvalue weighted by Gasteiger charge is 2.42. The molecule has 2 fully saturated rings. The summed E-state index contributed by atoms with van der Waals surface area (Å²) in [5, 5.41) is 3.22. The topological polar surface area (TPSA) is 58.6 Å². The molecule has 1 spiro atoms. The molecular weight excluding hydrogens is 413 g/mol. The van der Waals surface area contributed by atoms with Gasteiger partial charge in [0.1, 0.15) is 5.72 Å². The molecule has 2 saturated heterocycles. The smallest absolute Gasteiger partial charge is 0.359 e. The molecule has 134 valence electrons. The van der Waals surface area contributed by atoms with Crippen molar-refractivity contribution in [2.24, 2.45) is 0 Å². The van der Waals surface area contributed by atoms with Crippen LogP contribution in [0, 0.1) is 0 Å². The van der Waals surface area contributed by atoms with Crippen molar-refractivity contribution in [2.75, 3.05) is 26.2 Å². The summed E-state index contributed by atoms with van der Waals surface area (Å²) in [7, 11) is -3.98. The molecule has 0 radical (unpaired) electrons. The van der Waals surface area contributed by atoms with Gasteiger partial charge in [-0.1, -0.05) is 15.9 Å².